The Bertz CT molecular complexity index is 403. The van der Waals surface area contributed by atoms with Gasteiger partial charge in [-0.3, -0.25) is 19.2 Å². The largest absolute Gasteiger partial charge is 0.481 e. The SMILES string of the molecule is NC(N)=O.N[C@@H](CCC(=O)O)C(=O)O.N[C@@H](CCC(=O)O)C(=O)O. The van der Waals surface area contributed by atoms with Gasteiger partial charge in [-0.15, -0.1) is 0 Å². The second-order valence-electron chi connectivity index (χ2n) is 4.16. The molecular weight excluding hydrogens is 332 g/mol. The van der Waals surface area contributed by atoms with Crippen molar-refractivity contribution in [3.63, 3.8) is 0 Å². The van der Waals surface area contributed by atoms with Crippen LogP contribution in [0.5, 0.6) is 0 Å². The molecule has 0 unspecified atom stereocenters. The van der Waals surface area contributed by atoms with E-state index in [1.54, 1.807) is 0 Å². The maximum Gasteiger partial charge on any atom is 0.320 e. The van der Waals surface area contributed by atoms with Crippen molar-refractivity contribution in [1.82, 2.24) is 0 Å². The van der Waals surface area contributed by atoms with Crippen LogP contribution in [0.15, 0.2) is 0 Å². The van der Waals surface area contributed by atoms with Crippen LogP contribution in [-0.4, -0.2) is 62.4 Å². The molecule has 0 aromatic carbocycles. The Balaban J connectivity index is -0.000000301. The average Bonchev–Trinajstić information content (AvgIpc) is 2.41. The van der Waals surface area contributed by atoms with Gasteiger partial charge in [0.25, 0.3) is 0 Å². The van der Waals surface area contributed by atoms with Crippen LogP contribution in [0.25, 0.3) is 0 Å². The fourth-order valence-electron chi connectivity index (χ4n) is 0.805. The summed E-state index contributed by atoms with van der Waals surface area (Å²) in [6, 6.07) is -2.95. The lowest BCUT2D eigenvalue weighted by Crippen LogP contribution is -2.30. The first-order valence-corrected chi connectivity index (χ1v) is 6.26. The van der Waals surface area contributed by atoms with Gasteiger partial charge in [-0.05, 0) is 12.8 Å². The molecule has 0 saturated heterocycles. The van der Waals surface area contributed by atoms with Crippen LogP contribution in [0.2, 0.25) is 0 Å². The highest BCUT2D eigenvalue weighted by molar-refractivity contribution is 5.75. The standard InChI is InChI=1S/2C5H9NO4.CH4N2O/c2*6-3(5(9)10)1-2-4(7)8;2-1(3)4/h2*3H,1-2,6H2,(H,7,8)(H,9,10);(H4,2,3,4)/t2*3-;/m00./s1. The van der Waals surface area contributed by atoms with Crippen molar-refractivity contribution >= 4 is 29.9 Å². The molecule has 0 saturated carbocycles. The maximum atomic E-state index is 9.99. The van der Waals surface area contributed by atoms with Crippen LogP contribution in [0.4, 0.5) is 4.79 Å². The molecule has 2 atom stereocenters. The molecule has 13 heteroatoms. The Morgan fingerprint density at radius 2 is 0.875 bits per heavy atom. The summed E-state index contributed by atoms with van der Waals surface area (Å²) in [6.07, 6.45) is -0.448. The van der Waals surface area contributed by atoms with E-state index in [0.717, 1.165) is 0 Å². The molecule has 0 fully saturated rings. The predicted molar refractivity (Wildman–Crippen MR) is 78.7 cm³/mol. The third-order valence-corrected chi connectivity index (χ3v) is 1.97. The first-order valence-electron chi connectivity index (χ1n) is 6.26. The number of primary amides is 2. The molecule has 0 aromatic rings. The number of amides is 2. The number of carbonyl (C=O) groups is 5. The van der Waals surface area contributed by atoms with Gasteiger partial charge in [0.15, 0.2) is 0 Å². The van der Waals surface area contributed by atoms with E-state index in [2.05, 4.69) is 11.5 Å². The van der Waals surface area contributed by atoms with E-state index < -0.39 is 42.0 Å². The third kappa shape index (κ3) is 27.4. The van der Waals surface area contributed by atoms with E-state index >= 15 is 0 Å². The molecule has 0 radical (unpaired) electrons. The number of rotatable bonds is 8. The van der Waals surface area contributed by atoms with E-state index in [-0.39, 0.29) is 25.7 Å². The van der Waals surface area contributed by atoms with Crippen molar-refractivity contribution < 1.29 is 44.4 Å². The molecule has 2 amide bonds. The maximum absolute atomic E-state index is 9.99. The number of hydrogen-bond acceptors (Lipinski definition) is 7. The average molecular weight is 354 g/mol. The normalized spacial score (nSPS) is 11.4. The third-order valence-electron chi connectivity index (χ3n) is 1.97. The van der Waals surface area contributed by atoms with Crippen molar-refractivity contribution in [2.75, 3.05) is 0 Å². The summed E-state index contributed by atoms with van der Waals surface area (Å²) >= 11 is 0. The summed E-state index contributed by atoms with van der Waals surface area (Å²) in [5.74, 6) is -4.39. The van der Waals surface area contributed by atoms with E-state index in [1.807, 2.05) is 0 Å². The van der Waals surface area contributed by atoms with Gasteiger partial charge in [0, 0.05) is 12.8 Å². The number of carboxylic acids is 4. The summed E-state index contributed by atoms with van der Waals surface area (Å²) < 4.78 is 0. The minimum Gasteiger partial charge on any atom is -0.481 e. The Labute approximate surface area is 136 Å². The fourth-order valence-corrected chi connectivity index (χ4v) is 0.805. The second-order valence-corrected chi connectivity index (χ2v) is 4.16. The van der Waals surface area contributed by atoms with Crippen LogP contribution < -0.4 is 22.9 Å². The van der Waals surface area contributed by atoms with Gasteiger partial charge in [-0.25, -0.2) is 4.79 Å². The molecule has 0 heterocycles. The summed E-state index contributed by atoms with van der Waals surface area (Å²) in [4.78, 5) is 48.7. The summed E-state index contributed by atoms with van der Waals surface area (Å²) in [5.41, 5.74) is 18.5. The highest BCUT2D eigenvalue weighted by Crippen LogP contribution is 1.94. The molecule has 0 aromatic heterocycles. The molecule has 0 bridgehead atoms. The zero-order chi connectivity index (χ0) is 19.9. The van der Waals surface area contributed by atoms with E-state index in [1.165, 1.54) is 0 Å². The van der Waals surface area contributed by atoms with Crippen LogP contribution in [-0.2, 0) is 19.2 Å². The van der Waals surface area contributed by atoms with Crippen LogP contribution in [0.3, 0.4) is 0 Å². The lowest BCUT2D eigenvalue weighted by molar-refractivity contribution is -0.141. The van der Waals surface area contributed by atoms with Crippen LogP contribution in [0, 0.1) is 0 Å². The molecule has 12 N–H and O–H groups in total. The first kappa shape index (κ1) is 26.0. The van der Waals surface area contributed by atoms with Crippen molar-refractivity contribution in [3.05, 3.63) is 0 Å². The quantitative estimate of drug-likeness (QED) is 0.226. The molecule has 0 aliphatic heterocycles. The topological polar surface area (TPSA) is 270 Å². The van der Waals surface area contributed by atoms with Crippen LogP contribution in [0.1, 0.15) is 25.7 Å². The minimum atomic E-state index is -1.17. The van der Waals surface area contributed by atoms with Crippen LogP contribution >= 0.6 is 0 Å². The Kier molecular flexibility index (Phi) is 16.2. The summed E-state index contributed by atoms with van der Waals surface area (Å²) in [6.45, 7) is 0. The van der Waals surface area contributed by atoms with Crippen molar-refractivity contribution in [2.45, 2.75) is 37.8 Å². The van der Waals surface area contributed by atoms with Crippen molar-refractivity contribution in [1.29, 1.82) is 0 Å². The monoisotopic (exact) mass is 354 g/mol. The molecule has 0 aliphatic rings. The van der Waals surface area contributed by atoms with Crippen molar-refractivity contribution in [2.24, 2.45) is 22.9 Å². The molecular formula is C11H22N4O9. The predicted octanol–water partition coefficient (Wildman–Crippen LogP) is -2.45. The number of carboxylic acid groups (broad SMARTS) is 4. The van der Waals surface area contributed by atoms with Gasteiger partial charge in [0.05, 0.1) is 0 Å². The zero-order valence-electron chi connectivity index (χ0n) is 12.6. The van der Waals surface area contributed by atoms with Gasteiger partial charge in [-0.1, -0.05) is 0 Å². The van der Waals surface area contributed by atoms with Gasteiger partial charge >= 0.3 is 29.9 Å². The molecule has 13 nitrogen and oxygen atoms in total. The van der Waals surface area contributed by atoms with Gasteiger partial charge in [0.2, 0.25) is 0 Å². The Hall–Kier alpha value is -2.93. The highest BCUT2D eigenvalue weighted by Gasteiger charge is 2.12. The van der Waals surface area contributed by atoms with Gasteiger partial charge in [-0.2, -0.15) is 0 Å². The second kappa shape index (κ2) is 15.0. The Morgan fingerprint density at radius 3 is 1.00 bits per heavy atom. The minimum absolute atomic E-state index is 0.0231. The number of nitrogens with two attached hydrogens (primary N) is 4. The summed E-state index contributed by atoms with van der Waals surface area (Å²) in [7, 11) is 0. The summed E-state index contributed by atoms with van der Waals surface area (Å²) in [5, 5.41) is 32.5. The molecule has 24 heavy (non-hydrogen) atoms. The number of urea groups is 1. The van der Waals surface area contributed by atoms with Crippen molar-refractivity contribution in [3.8, 4) is 0 Å². The molecule has 0 rings (SSSR count). The van der Waals surface area contributed by atoms with E-state index in [9.17, 15) is 19.2 Å². The van der Waals surface area contributed by atoms with E-state index in [4.69, 9.17) is 36.7 Å². The molecule has 0 aliphatic carbocycles. The first-order chi connectivity index (χ1) is 10.8. The lowest BCUT2D eigenvalue weighted by Gasteiger charge is -2.01. The zero-order valence-corrected chi connectivity index (χ0v) is 12.6. The number of carbonyl (C=O) groups excluding carboxylic acids is 1. The fraction of sp³-hybridized carbons (Fsp3) is 0.545. The number of hydrogen-bond donors (Lipinski definition) is 8. The lowest BCUT2D eigenvalue weighted by atomic mass is 10.2. The van der Waals surface area contributed by atoms with Gasteiger partial charge < -0.3 is 43.4 Å². The molecule has 0 spiro atoms. The number of aliphatic carboxylic acids is 4. The smallest absolute Gasteiger partial charge is 0.320 e. The molecule has 140 valence electrons. The Morgan fingerprint density at radius 1 is 0.667 bits per heavy atom. The highest BCUT2D eigenvalue weighted by atomic mass is 16.4. The van der Waals surface area contributed by atoms with Gasteiger partial charge in [0.1, 0.15) is 12.1 Å². The van der Waals surface area contributed by atoms with E-state index in [0.29, 0.717) is 0 Å².